The highest BCUT2D eigenvalue weighted by Crippen LogP contribution is 2.76. The van der Waals surface area contributed by atoms with Crippen molar-refractivity contribution < 1.29 is 109 Å². The molecule has 4 saturated carbocycles. The number of hydrogen-bond donors (Lipinski definition) is 0. The van der Waals surface area contributed by atoms with E-state index in [4.69, 9.17) is 90.0 Å². The van der Waals surface area contributed by atoms with Gasteiger partial charge in [0.2, 0.25) is 0 Å². The van der Waals surface area contributed by atoms with E-state index in [9.17, 15) is 19.2 Å². The Labute approximate surface area is 520 Å². The van der Waals surface area contributed by atoms with Crippen molar-refractivity contribution in [2.45, 2.75) is 218 Å². The molecule has 88 heavy (non-hydrogen) atoms. The molecule has 8 aliphatic rings. The van der Waals surface area contributed by atoms with Crippen molar-refractivity contribution in [2.75, 3.05) is 98.0 Å². The molecular weight excluding hydrogens is 1150 g/mol. The first-order valence-corrected chi connectivity index (χ1v) is 31.2. The normalized spacial score (nSPS) is 45.8. The second kappa shape index (κ2) is 28.2. The molecule has 3 aliphatic heterocycles. The molecule has 0 spiro atoms. The van der Waals surface area contributed by atoms with Crippen molar-refractivity contribution in [1.29, 1.82) is 0 Å². The third kappa shape index (κ3) is 11.9. The summed E-state index contributed by atoms with van der Waals surface area (Å²) >= 11 is 0. The highest BCUT2D eigenvalue weighted by atomic mass is 16.8. The predicted octanol–water partition coefficient (Wildman–Crippen LogP) is 6.15. The molecule has 26 atom stereocenters. The number of methoxy groups -OCH3 is 11. The van der Waals surface area contributed by atoms with Crippen LogP contribution in [0.3, 0.4) is 0 Å². The Morgan fingerprint density at radius 2 is 1.27 bits per heavy atom. The van der Waals surface area contributed by atoms with Gasteiger partial charge in [0.05, 0.1) is 43.4 Å². The van der Waals surface area contributed by atoms with Crippen LogP contribution in [0.4, 0.5) is 0 Å². The van der Waals surface area contributed by atoms with Crippen molar-refractivity contribution >= 4 is 24.2 Å². The summed E-state index contributed by atoms with van der Waals surface area (Å²) in [6.45, 7) is 18.5. The second-order valence-electron chi connectivity index (χ2n) is 27.3. The van der Waals surface area contributed by atoms with Crippen molar-refractivity contribution in [2.24, 2.45) is 50.2 Å². The molecule has 0 radical (unpaired) electrons. The molecular formula is C65H104O23. The summed E-state index contributed by atoms with van der Waals surface area (Å²) < 4.78 is 120. The number of rotatable bonds is 23. The van der Waals surface area contributed by atoms with Crippen LogP contribution in [0.15, 0.2) is 23.3 Å². The maximum absolute atomic E-state index is 14.5. The number of aldehydes is 1. The van der Waals surface area contributed by atoms with Crippen LogP contribution in [0, 0.1) is 50.2 Å². The fourth-order valence-electron chi connectivity index (χ4n) is 18.2. The van der Waals surface area contributed by atoms with Gasteiger partial charge in [0.1, 0.15) is 86.1 Å². The molecule has 502 valence electrons. The summed E-state index contributed by atoms with van der Waals surface area (Å²) in [7, 11) is 16.8. The van der Waals surface area contributed by atoms with Gasteiger partial charge < -0.3 is 94.8 Å². The zero-order chi connectivity index (χ0) is 64.6. The summed E-state index contributed by atoms with van der Waals surface area (Å²) in [5, 5.41) is 0. The molecule has 23 nitrogen and oxygen atoms in total. The average molecular weight is 1250 g/mol. The van der Waals surface area contributed by atoms with Crippen LogP contribution in [0.25, 0.3) is 0 Å². The van der Waals surface area contributed by atoms with E-state index >= 15 is 0 Å². The Bertz CT molecular complexity index is 2470. The van der Waals surface area contributed by atoms with Gasteiger partial charge in [-0.05, 0) is 92.8 Å². The molecule has 0 bridgehead atoms. The number of ether oxygens (including phenoxy) is 19. The Hall–Kier alpha value is -3.08. The van der Waals surface area contributed by atoms with Gasteiger partial charge in [0, 0.05) is 89.0 Å². The molecule has 3 heterocycles. The fourth-order valence-corrected chi connectivity index (χ4v) is 18.2. The van der Waals surface area contributed by atoms with Gasteiger partial charge in [-0.15, -0.1) is 0 Å². The summed E-state index contributed by atoms with van der Waals surface area (Å²) in [4.78, 5) is 55.3. The zero-order valence-electron chi connectivity index (χ0n) is 55.8. The number of carbonyl (C=O) groups excluding carboxylic acids is 4. The molecule has 0 aromatic rings. The van der Waals surface area contributed by atoms with E-state index in [0.29, 0.717) is 44.1 Å². The summed E-state index contributed by atoms with van der Waals surface area (Å²) in [6.07, 6.45) is -7.37. The molecule has 7 fully saturated rings. The van der Waals surface area contributed by atoms with Crippen LogP contribution in [0.5, 0.6) is 0 Å². The van der Waals surface area contributed by atoms with E-state index < -0.39 is 155 Å². The largest absolute Gasteiger partial charge is 0.467 e. The lowest BCUT2D eigenvalue weighted by atomic mass is 9.33. The fraction of sp³-hybridized carbons (Fsp3) is 0.877. The van der Waals surface area contributed by atoms with Crippen molar-refractivity contribution in [3.63, 3.8) is 0 Å². The summed E-state index contributed by atoms with van der Waals surface area (Å²) in [5.41, 5.74) is -2.13. The van der Waals surface area contributed by atoms with Gasteiger partial charge in [-0.2, -0.15) is 0 Å². The molecule has 5 aliphatic carbocycles. The molecule has 0 amide bonds. The smallest absolute Gasteiger partial charge is 0.337 e. The van der Waals surface area contributed by atoms with Gasteiger partial charge in [-0.25, -0.2) is 9.59 Å². The van der Waals surface area contributed by atoms with Crippen molar-refractivity contribution in [1.82, 2.24) is 0 Å². The molecule has 3 saturated heterocycles. The first kappa shape index (κ1) is 70.8. The number of hydrogen-bond acceptors (Lipinski definition) is 23. The Balaban J connectivity index is 1.19. The maximum Gasteiger partial charge on any atom is 0.337 e. The van der Waals surface area contributed by atoms with Crippen LogP contribution in [-0.2, 0) is 109 Å². The Kier molecular flexibility index (Phi) is 22.7. The number of carbonyl (C=O) groups is 4. The van der Waals surface area contributed by atoms with Crippen LogP contribution >= 0.6 is 0 Å². The molecule has 0 N–H and O–H groups in total. The van der Waals surface area contributed by atoms with Gasteiger partial charge in [0.15, 0.2) is 25.0 Å². The topological polar surface area (TPSA) is 244 Å². The molecule has 23 heteroatoms. The lowest BCUT2D eigenvalue weighted by molar-refractivity contribution is -0.396. The third-order valence-corrected chi connectivity index (χ3v) is 23.1. The summed E-state index contributed by atoms with van der Waals surface area (Å²) in [6, 6.07) is 0. The van der Waals surface area contributed by atoms with Crippen LogP contribution in [-0.4, -0.2) is 233 Å². The lowest BCUT2D eigenvalue weighted by Gasteiger charge is -2.72. The minimum atomic E-state index is -1.47. The standard InChI is InChI=1S/C65H104O23/c1-21-34(2)55(68)88-53-54(79-19)65(33-82-35(3)67)37(28-60(53,4)5)36-22-23-41-61(6)26-25-42(62(7,32-66)40(61)24-27-63(41,8)64(36,9)29-43(65)72-12)84-59-52(87-58-51(78-18)46(75-15)45(74-14)39(83-58)30-70-10)48(47(76-16)49(86-59)56(69)80-20)85-57-50(77-17)44(73-13)38(71-11)31-81-57/h21-22,32,37-54,57-59H,23-31,33H2,1-20H3/b34-21+/t37-,38-,39+,40+,41+,42-,43+,44-,45-,46-,47-,48-,49-,50+,51+,52+,53-,54-,57+,58-,59+,61-,62-,63+,64+,65-/m0/s1. The Morgan fingerprint density at radius 1 is 0.636 bits per heavy atom. The van der Waals surface area contributed by atoms with Gasteiger partial charge in [-0.3, -0.25) is 4.79 Å². The predicted molar refractivity (Wildman–Crippen MR) is 314 cm³/mol. The van der Waals surface area contributed by atoms with E-state index in [2.05, 4.69) is 40.7 Å². The van der Waals surface area contributed by atoms with Gasteiger partial charge in [-0.1, -0.05) is 59.3 Å². The molecule has 8 rings (SSSR count). The summed E-state index contributed by atoms with van der Waals surface area (Å²) in [5.74, 6) is -1.98. The monoisotopic (exact) mass is 1250 g/mol. The van der Waals surface area contributed by atoms with Crippen molar-refractivity contribution in [3.05, 3.63) is 23.3 Å². The second-order valence-corrected chi connectivity index (χ2v) is 27.3. The molecule has 0 aromatic carbocycles. The van der Waals surface area contributed by atoms with Gasteiger partial charge in [0.25, 0.3) is 0 Å². The quantitative estimate of drug-likeness (QED) is 0.0278. The molecule has 0 unspecified atom stereocenters. The van der Waals surface area contributed by atoms with E-state index in [-0.39, 0.29) is 43.0 Å². The molecule has 0 aromatic heterocycles. The first-order chi connectivity index (χ1) is 41.8. The minimum Gasteiger partial charge on any atom is -0.467 e. The van der Waals surface area contributed by atoms with Crippen LogP contribution in [0.1, 0.15) is 107 Å². The van der Waals surface area contributed by atoms with E-state index in [1.54, 1.807) is 69.7 Å². The average Bonchev–Trinajstić information content (AvgIpc) is 0.680. The highest BCUT2D eigenvalue weighted by Gasteiger charge is 2.74. The SMILES string of the molecule is C/C=C(\C)C(=O)O[C@H]1[C@H](OC)[C@]2(COC(C)=O)[C@H](OC)C[C@]3(C)C(=CC[C@@H]4[C@@]5(C)CC[C@H](O[C@@H]6O[C@H](C(=O)OC)[C@@H](OC)[C@H](O[C@H]7OC[C@H](OC)[C@H](OC)[C@H]7OC)[C@H]6O[C@@H]6O[C@H](COC)[C@H](OC)[C@H](OC)[C@H]6OC)[C@@](C)(C=O)[C@@H]5CC[C@]43C)[C@@H]2CC1(C)C. The first-order valence-electron chi connectivity index (χ1n) is 31.2. The number of allylic oxidation sites excluding steroid dienone is 3. The van der Waals surface area contributed by atoms with Crippen LogP contribution < -0.4 is 0 Å². The maximum atomic E-state index is 14.5. The minimum absolute atomic E-state index is 0.00120. The third-order valence-electron chi connectivity index (χ3n) is 23.1. The Morgan fingerprint density at radius 3 is 1.84 bits per heavy atom. The van der Waals surface area contributed by atoms with Crippen LogP contribution in [0.2, 0.25) is 0 Å². The lowest BCUT2D eigenvalue weighted by Crippen LogP contribution is -2.73. The van der Waals surface area contributed by atoms with Crippen molar-refractivity contribution in [3.8, 4) is 0 Å². The number of esters is 3. The highest BCUT2D eigenvalue weighted by molar-refractivity contribution is 5.87. The van der Waals surface area contributed by atoms with E-state index in [0.717, 1.165) is 12.7 Å². The zero-order valence-corrected chi connectivity index (χ0v) is 55.8. The van der Waals surface area contributed by atoms with E-state index in [1.165, 1.54) is 40.9 Å². The van der Waals surface area contributed by atoms with Gasteiger partial charge >= 0.3 is 17.9 Å². The number of fused-ring (bicyclic) bond motifs is 7. The van der Waals surface area contributed by atoms with E-state index in [1.807, 2.05) is 6.92 Å².